The van der Waals surface area contributed by atoms with Crippen molar-refractivity contribution in [3.63, 3.8) is 0 Å². The van der Waals surface area contributed by atoms with Crippen LogP contribution in [0.25, 0.3) is 22.3 Å². The lowest BCUT2D eigenvalue weighted by Crippen LogP contribution is -2.61. The van der Waals surface area contributed by atoms with Crippen molar-refractivity contribution < 1.29 is 87.5 Å². The number of unbranched alkanes of at least 4 members (excludes halogenated alkanes) is 1. The SMILES string of the molecule is CCCCc1c2c(nc3cc4c(c(NC(=O)OCc5ccc(O[C@@H]6O[C@H](C(=O)O)[C@@H](O)[C@H](O)[C@H]6O)c(NC(=O)CCNC(=O)CCN6C(=O)CC(C(C)C)C6=O)c5)c13)OCO4)-c1cc3c(c(=O)n1C2)COC(=O)[C@]3(O)CC. The molecule has 2 aromatic heterocycles. The summed E-state index contributed by atoms with van der Waals surface area (Å²) in [5.74, 6) is -4.74. The van der Waals surface area contributed by atoms with Crippen LogP contribution in [0.2, 0.25) is 0 Å². The molecule has 4 aromatic rings. The molecule has 2 saturated heterocycles. The third-order valence-electron chi connectivity index (χ3n) is 14.5. The molecule has 0 aliphatic carbocycles. The minimum absolute atomic E-state index is 0.0386. The molecule has 410 valence electrons. The number of hydrogen-bond acceptors (Lipinski definition) is 19. The second kappa shape index (κ2) is 21.7. The summed E-state index contributed by atoms with van der Waals surface area (Å²) in [5, 5.41) is 61.0. The van der Waals surface area contributed by atoms with Crippen LogP contribution < -0.4 is 35.7 Å². The molecular weight excluding hydrogens is 1010 g/mol. The number of amides is 5. The third kappa shape index (κ3) is 10.2. The van der Waals surface area contributed by atoms with Gasteiger partial charge in [-0.15, -0.1) is 0 Å². The number of aliphatic hydroxyl groups is 4. The van der Waals surface area contributed by atoms with Gasteiger partial charge in [0.25, 0.3) is 5.56 Å². The van der Waals surface area contributed by atoms with E-state index in [1.807, 2.05) is 20.8 Å². The highest BCUT2D eigenvalue weighted by Crippen LogP contribution is 2.49. The zero-order chi connectivity index (χ0) is 55.2. The van der Waals surface area contributed by atoms with Crippen molar-refractivity contribution in [2.75, 3.05) is 30.5 Å². The fourth-order valence-corrected chi connectivity index (χ4v) is 10.2. The molecular formula is C52H58N6O19. The topological polar surface area (TPSA) is 350 Å². The van der Waals surface area contributed by atoms with Crippen LogP contribution in [-0.2, 0) is 74.8 Å². The molecule has 5 aliphatic rings. The monoisotopic (exact) mass is 1070 g/mol. The number of rotatable bonds is 18. The van der Waals surface area contributed by atoms with Crippen LogP contribution in [0.15, 0.2) is 35.1 Å². The minimum Gasteiger partial charge on any atom is -0.479 e. The van der Waals surface area contributed by atoms with Crippen molar-refractivity contribution in [2.45, 2.75) is 129 Å². The highest BCUT2D eigenvalue weighted by molar-refractivity contribution is 6.07. The molecule has 77 heavy (non-hydrogen) atoms. The first kappa shape index (κ1) is 54.1. The molecule has 25 heteroatoms. The summed E-state index contributed by atoms with van der Waals surface area (Å²) in [6, 6.07) is 7.30. The number of aromatic nitrogens is 2. The molecule has 1 unspecified atom stereocenters. The number of carboxylic acid groups (broad SMARTS) is 1. The van der Waals surface area contributed by atoms with Crippen LogP contribution in [0.5, 0.6) is 17.2 Å². The summed E-state index contributed by atoms with van der Waals surface area (Å²) in [6.07, 6.45) is -9.42. The van der Waals surface area contributed by atoms with Crippen LogP contribution in [0.4, 0.5) is 16.2 Å². The summed E-state index contributed by atoms with van der Waals surface area (Å²) in [5.41, 5.74) is 0.753. The van der Waals surface area contributed by atoms with E-state index in [4.69, 9.17) is 33.4 Å². The fraction of sp³-hybridized carbons (Fsp3) is 0.481. The quantitative estimate of drug-likeness (QED) is 0.0460. The molecule has 0 saturated carbocycles. The molecule has 5 amide bonds. The highest BCUT2D eigenvalue weighted by atomic mass is 16.7. The second-order valence-electron chi connectivity index (χ2n) is 19.7. The number of imide groups is 1. The Labute approximate surface area is 438 Å². The largest absolute Gasteiger partial charge is 0.479 e. The predicted molar refractivity (Wildman–Crippen MR) is 265 cm³/mol. The lowest BCUT2D eigenvalue weighted by atomic mass is 9.86. The van der Waals surface area contributed by atoms with Gasteiger partial charge in [0.15, 0.2) is 23.2 Å². The molecule has 7 atom stereocenters. The first-order valence-corrected chi connectivity index (χ1v) is 25.3. The van der Waals surface area contributed by atoms with Gasteiger partial charge in [0, 0.05) is 60.8 Å². The summed E-state index contributed by atoms with van der Waals surface area (Å²) < 4.78 is 35.3. The van der Waals surface area contributed by atoms with Crippen molar-refractivity contribution in [2.24, 2.45) is 11.8 Å². The maximum atomic E-state index is 14.1. The van der Waals surface area contributed by atoms with Gasteiger partial charge >= 0.3 is 18.0 Å². The Kier molecular flexibility index (Phi) is 15.3. The van der Waals surface area contributed by atoms with E-state index in [0.717, 1.165) is 16.9 Å². The number of likely N-dealkylation sites (tertiary alicyclic amines) is 1. The number of hydrogen-bond donors (Lipinski definition) is 8. The molecule has 9 rings (SSSR count). The lowest BCUT2D eigenvalue weighted by molar-refractivity contribution is -0.271. The smallest absolute Gasteiger partial charge is 0.412 e. The van der Waals surface area contributed by atoms with Gasteiger partial charge in [-0.05, 0) is 54.5 Å². The number of aliphatic carboxylic acids is 1. The number of fused-ring (bicyclic) bond motifs is 6. The highest BCUT2D eigenvalue weighted by Gasteiger charge is 2.49. The van der Waals surface area contributed by atoms with Crippen LogP contribution in [0.1, 0.15) is 94.0 Å². The Balaban J connectivity index is 0.950. The summed E-state index contributed by atoms with van der Waals surface area (Å²) >= 11 is 0. The van der Waals surface area contributed by atoms with Gasteiger partial charge in [-0.25, -0.2) is 19.4 Å². The second-order valence-corrected chi connectivity index (χ2v) is 19.7. The number of carbonyl (C=O) groups is 7. The van der Waals surface area contributed by atoms with Gasteiger partial charge < -0.3 is 69.2 Å². The predicted octanol–water partition coefficient (Wildman–Crippen LogP) is 2.04. The number of pyridine rings is 2. The Morgan fingerprint density at radius 1 is 0.935 bits per heavy atom. The molecule has 0 spiro atoms. The number of carboxylic acids is 1. The third-order valence-corrected chi connectivity index (χ3v) is 14.5. The van der Waals surface area contributed by atoms with Crippen molar-refractivity contribution in [1.29, 1.82) is 0 Å². The van der Waals surface area contributed by atoms with E-state index in [0.29, 0.717) is 40.7 Å². The van der Waals surface area contributed by atoms with Crippen LogP contribution >= 0.6 is 0 Å². The van der Waals surface area contributed by atoms with Crippen molar-refractivity contribution in [3.05, 3.63) is 68.5 Å². The van der Waals surface area contributed by atoms with E-state index in [-0.39, 0.29) is 122 Å². The number of aliphatic hydroxyl groups excluding tert-OH is 3. The van der Waals surface area contributed by atoms with E-state index in [9.17, 15) is 63.9 Å². The minimum atomic E-state index is -2.04. The number of anilines is 2. The summed E-state index contributed by atoms with van der Waals surface area (Å²) in [4.78, 5) is 110. The van der Waals surface area contributed by atoms with Crippen molar-refractivity contribution >= 4 is 63.9 Å². The Bertz CT molecular complexity index is 3160. The van der Waals surface area contributed by atoms with Gasteiger partial charge in [0.2, 0.25) is 36.7 Å². The average Bonchev–Trinajstić information content (AvgIpc) is 4.33. The normalized spacial score (nSPS) is 23.1. The van der Waals surface area contributed by atoms with Gasteiger partial charge in [-0.2, -0.15) is 0 Å². The standard InChI is InChI=1S/C52H58N6O19/c1-5-7-8-25-27-19-58-32(17-29-28(47(58)66)21-72-50(69)52(29,71)6-2)39(27)55-31-18-34-44(75-22-74-34)40(38(25)31)56-51(70)73-20-24-9-10-33(76-49-43(64)41(62)42(63)45(77-49)48(67)68)30(15-24)54-36(60)11-13-53-35(59)12-14-57-37(61)16-26(23(3)4)46(57)65/h9-10,15,17-18,23,26,41-43,45,49,62-64,71H,5-8,11-14,16,19-22H2,1-4H3,(H,53,59)(H,54,60)(H,56,70)(H,67,68)/t26?,41-,42-,43+,45-,49+,52-/m0/s1. The number of cyclic esters (lactones) is 1. The Morgan fingerprint density at radius 2 is 1.71 bits per heavy atom. The number of carbonyl (C=O) groups excluding carboxylic acids is 6. The van der Waals surface area contributed by atoms with Gasteiger partial charge in [0.1, 0.15) is 43.0 Å². The first-order chi connectivity index (χ1) is 36.7. The lowest BCUT2D eigenvalue weighted by Gasteiger charge is -2.38. The molecule has 25 nitrogen and oxygen atoms in total. The maximum absolute atomic E-state index is 14.1. The van der Waals surface area contributed by atoms with Crippen LogP contribution in [-0.4, -0.2) is 132 Å². The zero-order valence-electron chi connectivity index (χ0n) is 42.4. The Hall–Kier alpha value is -7.71. The number of benzene rings is 2. The molecule has 2 aromatic carbocycles. The van der Waals surface area contributed by atoms with Crippen molar-refractivity contribution in [3.8, 4) is 28.6 Å². The van der Waals surface area contributed by atoms with Crippen LogP contribution in [0.3, 0.4) is 0 Å². The number of nitrogens with zero attached hydrogens (tertiary/aromatic N) is 3. The molecule has 5 aliphatic heterocycles. The van der Waals surface area contributed by atoms with E-state index in [1.54, 1.807) is 19.1 Å². The maximum Gasteiger partial charge on any atom is 0.412 e. The van der Waals surface area contributed by atoms with Crippen LogP contribution in [0, 0.1) is 11.8 Å². The van der Waals surface area contributed by atoms with E-state index in [2.05, 4.69) is 16.0 Å². The summed E-state index contributed by atoms with van der Waals surface area (Å²) in [6.45, 7) is 6.12. The van der Waals surface area contributed by atoms with E-state index in [1.165, 1.54) is 22.8 Å². The van der Waals surface area contributed by atoms with Crippen molar-refractivity contribution in [1.82, 2.24) is 19.8 Å². The van der Waals surface area contributed by atoms with E-state index >= 15 is 0 Å². The molecule has 0 radical (unpaired) electrons. The number of ether oxygens (including phenoxy) is 6. The Morgan fingerprint density at radius 3 is 2.43 bits per heavy atom. The molecule has 2 fully saturated rings. The van der Waals surface area contributed by atoms with Gasteiger partial charge in [-0.1, -0.05) is 40.2 Å². The summed E-state index contributed by atoms with van der Waals surface area (Å²) in [7, 11) is 0. The van der Waals surface area contributed by atoms with Gasteiger partial charge in [-0.3, -0.25) is 34.2 Å². The number of aryl methyl sites for hydroxylation is 1. The molecule has 8 N–H and O–H groups in total. The number of nitrogens with one attached hydrogen (secondary N) is 3. The molecule has 7 heterocycles. The number of esters is 1. The van der Waals surface area contributed by atoms with Gasteiger partial charge in [0.05, 0.1) is 34.7 Å². The fourth-order valence-electron chi connectivity index (χ4n) is 10.2. The molecule has 0 bridgehead atoms. The van der Waals surface area contributed by atoms with E-state index < -0.39 is 84.2 Å². The first-order valence-electron chi connectivity index (χ1n) is 25.3. The zero-order valence-corrected chi connectivity index (χ0v) is 42.4. The average molecular weight is 1070 g/mol.